The lowest BCUT2D eigenvalue weighted by Gasteiger charge is -2.06. The molecule has 0 saturated heterocycles. The second-order valence-electron chi connectivity index (χ2n) is 4.46. The van der Waals surface area contributed by atoms with Crippen molar-refractivity contribution in [1.82, 2.24) is 15.3 Å². The molecule has 0 unspecified atom stereocenters. The Bertz CT molecular complexity index is 637. The predicted molar refractivity (Wildman–Crippen MR) is 74.8 cm³/mol. The Hall–Kier alpha value is -2.28. The van der Waals surface area contributed by atoms with E-state index in [2.05, 4.69) is 20.6 Å². The third-order valence-corrected chi connectivity index (χ3v) is 3.74. The number of carbonyl (C=O) groups is 2. The maximum atomic E-state index is 12.0. The van der Waals surface area contributed by atoms with E-state index in [9.17, 15) is 9.59 Å². The van der Waals surface area contributed by atoms with Gasteiger partial charge in [0.1, 0.15) is 10.6 Å². The van der Waals surface area contributed by atoms with Crippen LogP contribution in [0.2, 0.25) is 0 Å². The Morgan fingerprint density at radius 3 is 2.80 bits per heavy atom. The molecule has 3 rings (SSSR count). The maximum absolute atomic E-state index is 12.0. The summed E-state index contributed by atoms with van der Waals surface area (Å²) in [6, 6.07) is 1.99. The smallest absolute Gasteiger partial charge is 0.275 e. The summed E-state index contributed by atoms with van der Waals surface area (Å²) in [6.07, 6.45) is 6.38. The average Bonchev–Trinajstić information content (AvgIpc) is 3.15. The molecule has 0 atom stereocenters. The van der Waals surface area contributed by atoms with Crippen molar-refractivity contribution < 1.29 is 9.59 Å². The topological polar surface area (TPSA) is 84.0 Å². The SMILES string of the molecule is O=C(Nc1ccsc1C(=O)NC1CC1)c1cnccn1. The van der Waals surface area contributed by atoms with E-state index in [1.54, 1.807) is 11.4 Å². The van der Waals surface area contributed by atoms with Gasteiger partial charge in [-0.05, 0) is 24.3 Å². The van der Waals surface area contributed by atoms with Crippen LogP contribution < -0.4 is 10.6 Å². The van der Waals surface area contributed by atoms with Crippen molar-refractivity contribution in [2.24, 2.45) is 0 Å². The van der Waals surface area contributed by atoms with Crippen molar-refractivity contribution in [2.75, 3.05) is 5.32 Å². The van der Waals surface area contributed by atoms with Crippen molar-refractivity contribution in [3.63, 3.8) is 0 Å². The minimum atomic E-state index is -0.378. The largest absolute Gasteiger partial charge is 0.349 e. The summed E-state index contributed by atoms with van der Waals surface area (Å²) in [4.78, 5) is 32.3. The lowest BCUT2D eigenvalue weighted by Crippen LogP contribution is -2.26. The number of carbonyl (C=O) groups excluding carboxylic acids is 2. The summed E-state index contributed by atoms with van der Waals surface area (Å²) >= 11 is 1.30. The number of nitrogens with one attached hydrogen (secondary N) is 2. The minimum Gasteiger partial charge on any atom is -0.349 e. The highest BCUT2D eigenvalue weighted by molar-refractivity contribution is 7.12. The molecule has 0 aromatic carbocycles. The average molecular weight is 288 g/mol. The molecule has 1 aliphatic carbocycles. The predicted octanol–water partition coefficient (Wildman–Crippen LogP) is 1.68. The van der Waals surface area contributed by atoms with Gasteiger partial charge < -0.3 is 10.6 Å². The molecule has 6 nitrogen and oxygen atoms in total. The molecule has 2 amide bonds. The normalized spacial score (nSPS) is 13.8. The summed E-state index contributed by atoms with van der Waals surface area (Å²) in [6.45, 7) is 0. The Balaban J connectivity index is 1.73. The summed E-state index contributed by atoms with van der Waals surface area (Å²) in [7, 11) is 0. The third-order valence-electron chi connectivity index (χ3n) is 2.83. The first-order valence-corrected chi connectivity index (χ1v) is 7.08. The zero-order valence-corrected chi connectivity index (χ0v) is 11.3. The Morgan fingerprint density at radius 1 is 1.25 bits per heavy atom. The molecular formula is C13H12N4O2S. The molecule has 2 N–H and O–H groups in total. The van der Waals surface area contributed by atoms with Crippen molar-refractivity contribution in [2.45, 2.75) is 18.9 Å². The van der Waals surface area contributed by atoms with E-state index in [0.717, 1.165) is 12.8 Å². The van der Waals surface area contributed by atoms with Crippen LogP contribution in [0.25, 0.3) is 0 Å². The molecule has 0 spiro atoms. The fourth-order valence-corrected chi connectivity index (χ4v) is 2.42. The second-order valence-corrected chi connectivity index (χ2v) is 5.37. The molecule has 1 fully saturated rings. The molecule has 0 radical (unpaired) electrons. The van der Waals surface area contributed by atoms with Crippen LogP contribution >= 0.6 is 11.3 Å². The van der Waals surface area contributed by atoms with E-state index in [1.165, 1.54) is 29.9 Å². The fourth-order valence-electron chi connectivity index (χ4n) is 1.66. The van der Waals surface area contributed by atoms with Crippen LogP contribution in [0.4, 0.5) is 5.69 Å². The van der Waals surface area contributed by atoms with Crippen LogP contribution in [-0.2, 0) is 0 Å². The molecule has 20 heavy (non-hydrogen) atoms. The molecule has 102 valence electrons. The van der Waals surface area contributed by atoms with Crippen LogP contribution in [-0.4, -0.2) is 27.8 Å². The minimum absolute atomic E-state index is 0.142. The highest BCUT2D eigenvalue weighted by Gasteiger charge is 2.25. The van der Waals surface area contributed by atoms with Crippen molar-refractivity contribution in [1.29, 1.82) is 0 Å². The highest BCUT2D eigenvalue weighted by Crippen LogP contribution is 2.25. The van der Waals surface area contributed by atoms with E-state index in [4.69, 9.17) is 0 Å². The van der Waals surface area contributed by atoms with Crippen molar-refractivity contribution in [3.05, 3.63) is 40.6 Å². The van der Waals surface area contributed by atoms with Gasteiger partial charge in [-0.2, -0.15) is 0 Å². The monoisotopic (exact) mass is 288 g/mol. The van der Waals surface area contributed by atoms with Crippen molar-refractivity contribution >= 4 is 28.8 Å². The number of rotatable bonds is 4. The van der Waals surface area contributed by atoms with E-state index >= 15 is 0 Å². The molecule has 2 aromatic heterocycles. The first-order chi connectivity index (χ1) is 9.74. The number of anilines is 1. The lowest BCUT2D eigenvalue weighted by molar-refractivity contribution is 0.0956. The zero-order valence-electron chi connectivity index (χ0n) is 10.5. The first-order valence-electron chi connectivity index (χ1n) is 6.20. The summed E-state index contributed by atoms with van der Waals surface area (Å²) in [5, 5.41) is 7.36. The van der Waals surface area contributed by atoms with Gasteiger partial charge in [-0.15, -0.1) is 11.3 Å². The number of aromatic nitrogens is 2. The van der Waals surface area contributed by atoms with Crippen LogP contribution in [0.5, 0.6) is 0 Å². The van der Waals surface area contributed by atoms with E-state index in [-0.39, 0.29) is 23.6 Å². The summed E-state index contributed by atoms with van der Waals surface area (Å²) < 4.78 is 0. The number of amides is 2. The Morgan fingerprint density at radius 2 is 2.10 bits per heavy atom. The standard InChI is InChI=1S/C13H12N4O2S/c18-12(10-7-14-4-5-15-10)17-9-3-6-20-11(9)13(19)16-8-1-2-8/h3-8H,1-2H2,(H,16,19)(H,17,18). The van der Waals surface area contributed by atoms with Gasteiger partial charge in [-0.25, -0.2) is 4.98 Å². The molecular weight excluding hydrogens is 276 g/mol. The molecule has 1 saturated carbocycles. The molecule has 0 aliphatic heterocycles. The fraction of sp³-hybridized carbons (Fsp3) is 0.231. The molecule has 1 aliphatic rings. The first kappa shape index (κ1) is 12.7. The third kappa shape index (κ3) is 2.83. The van der Waals surface area contributed by atoms with Gasteiger partial charge in [-0.3, -0.25) is 14.6 Å². The Kier molecular flexibility index (Phi) is 3.42. The van der Waals surface area contributed by atoms with Crippen LogP contribution in [0.1, 0.15) is 33.0 Å². The molecule has 2 heterocycles. The summed E-state index contributed by atoms with van der Waals surface area (Å²) in [5.74, 6) is -0.520. The van der Waals surface area contributed by atoms with Gasteiger partial charge in [0.05, 0.1) is 11.9 Å². The van der Waals surface area contributed by atoms with Gasteiger partial charge in [0.15, 0.2) is 0 Å². The van der Waals surface area contributed by atoms with Gasteiger partial charge in [0.25, 0.3) is 11.8 Å². The summed E-state index contributed by atoms with van der Waals surface area (Å²) in [5.41, 5.74) is 0.719. The van der Waals surface area contributed by atoms with Gasteiger partial charge in [0, 0.05) is 18.4 Å². The van der Waals surface area contributed by atoms with Crippen molar-refractivity contribution in [3.8, 4) is 0 Å². The molecule has 7 heteroatoms. The second kappa shape index (κ2) is 5.38. The molecule has 0 bridgehead atoms. The van der Waals surface area contributed by atoms with Crippen LogP contribution in [0, 0.1) is 0 Å². The number of thiophene rings is 1. The van der Waals surface area contributed by atoms with Crippen LogP contribution in [0.15, 0.2) is 30.0 Å². The van der Waals surface area contributed by atoms with E-state index in [0.29, 0.717) is 10.6 Å². The lowest BCUT2D eigenvalue weighted by atomic mass is 10.3. The van der Waals surface area contributed by atoms with E-state index < -0.39 is 0 Å². The molecule has 2 aromatic rings. The number of nitrogens with zero attached hydrogens (tertiary/aromatic N) is 2. The Labute approximate surface area is 119 Å². The highest BCUT2D eigenvalue weighted by atomic mass is 32.1. The van der Waals surface area contributed by atoms with Crippen LogP contribution in [0.3, 0.4) is 0 Å². The van der Waals surface area contributed by atoms with E-state index in [1.807, 2.05) is 0 Å². The van der Waals surface area contributed by atoms with Gasteiger partial charge in [-0.1, -0.05) is 0 Å². The number of hydrogen-bond donors (Lipinski definition) is 2. The number of hydrogen-bond acceptors (Lipinski definition) is 5. The maximum Gasteiger partial charge on any atom is 0.275 e. The van der Waals surface area contributed by atoms with Gasteiger partial charge in [0.2, 0.25) is 0 Å². The van der Waals surface area contributed by atoms with Gasteiger partial charge >= 0.3 is 0 Å². The zero-order chi connectivity index (χ0) is 13.9. The quantitative estimate of drug-likeness (QED) is 0.896.